The summed E-state index contributed by atoms with van der Waals surface area (Å²) < 4.78 is 5.92. The molecule has 3 rings (SSSR count). The van der Waals surface area contributed by atoms with Gasteiger partial charge in [-0.15, -0.1) is 9.24 Å². The number of carbonyl (C=O) groups is 1. The standard InChI is InChI=1S/C19H21ClNO2P/c1-10(22)16-9-15-18(23-16)12(19(2,3)4)8-14(21-15)11-5-6-13(20)17(24)7-11/h5-8,16H,9,24H2,1-4H3. The van der Waals surface area contributed by atoms with Gasteiger partial charge in [0.15, 0.2) is 11.9 Å². The van der Waals surface area contributed by atoms with Gasteiger partial charge in [-0.2, -0.15) is 0 Å². The van der Waals surface area contributed by atoms with Crippen molar-refractivity contribution in [3.05, 3.63) is 40.5 Å². The number of rotatable bonds is 2. The number of aromatic nitrogens is 1. The van der Waals surface area contributed by atoms with E-state index in [0.717, 1.165) is 33.6 Å². The van der Waals surface area contributed by atoms with Gasteiger partial charge in [0.1, 0.15) is 5.75 Å². The van der Waals surface area contributed by atoms with Crippen molar-refractivity contribution in [1.82, 2.24) is 4.98 Å². The summed E-state index contributed by atoms with van der Waals surface area (Å²) >= 11 is 6.12. The van der Waals surface area contributed by atoms with E-state index in [9.17, 15) is 4.79 Å². The molecule has 126 valence electrons. The molecule has 0 amide bonds. The lowest BCUT2D eigenvalue weighted by Gasteiger charge is -2.23. The van der Waals surface area contributed by atoms with Gasteiger partial charge in [0, 0.05) is 22.6 Å². The Morgan fingerprint density at radius 1 is 1.33 bits per heavy atom. The van der Waals surface area contributed by atoms with Crippen molar-refractivity contribution >= 4 is 31.9 Å². The highest BCUT2D eigenvalue weighted by atomic mass is 35.5. The smallest absolute Gasteiger partial charge is 0.170 e. The van der Waals surface area contributed by atoms with Crippen LogP contribution in [0.4, 0.5) is 0 Å². The molecule has 1 aliphatic rings. The molecule has 0 radical (unpaired) electrons. The summed E-state index contributed by atoms with van der Waals surface area (Å²) in [6.07, 6.45) is 0.106. The van der Waals surface area contributed by atoms with Crippen LogP contribution in [0.15, 0.2) is 24.3 Å². The summed E-state index contributed by atoms with van der Waals surface area (Å²) in [4.78, 5) is 16.5. The van der Waals surface area contributed by atoms with E-state index in [1.165, 1.54) is 0 Å². The Bertz CT molecular complexity index is 827. The zero-order valence-corrected chi connectivity index (χ0v) is 16.2. The van der Waals surface area contributed by atoms with Crippen LogP contribution in [0.25, 0.3) is 11.3 Å². The molecular formula is C19H21ClNO2P. The van der Waals surface area contributed by atoms with Crippen molar-refractivity contribution in [3.63, 3.8) is 0 Å². The first-order valence-corrected chi connectivity index (χ1v) is 8.89. The van der Waals surface area contributed by atoms with Gasteiger partial charge in [-0.05, 0) is 35.8 Å². The second-order valence-electron chi connectivity index (χ2n) is 7.24. The first kappa shape index (κ1) is 17.4. The molecule has 0 bridgehead atoms. The summed E-state index contributed by atoms with van der Waals surface area (Å²) in [6.45, 7) is 7.98. The van der Waals surface area contributed by atoms with E-state index < -0.39 is 6.10 Å². The fourth-order valence-electron chi connectivity index (χ4n) is 2.85. The number of nitrogens with zero attached hydrogens (tertiary/aromatic N) is 1. The predicted molar refractivity (Wildman–Crippen MR) is 102 cm³/mol. The lowest BCUT2D eigenvalue weighted by Crippen LogP contribution is -2.22. The van der Waals surface area contributed by atoms with Crippen molar-refractivity contribution in [2.45, 2.75) is 45.6 Å². The van der Waals surface area contributed by atoms with Gasteiger partial charge in [0.05, 0.1) is 11.4 Å². The van der Waals surface area contributed by atoms with Crippen LogP contribution in [0.5, 0.6) is 5.75 Å². The first-order valence-electron chi connectivity index (χ1n) is 7.93. The number of ketones is 1. The highest BCUT2D eigenvalue weighted by molar-refractivity contribution is 7.28. The van der Waals surface area contributed by atoms with E-state index in [2.05, 4.69) is 36.1 Å². The van der Waals surface area contributed by atoms with Gasteiger partial charge >= 0.3 is 0 Å². The van der Waals surface area contributed by atoms with Crippen LogP contribution in [-0.2, 0) is 16.6 Å². The third-order valence-electron chi connectivity index (χ3n) is 4.24. The fourth-order valence-corrected chi connectivity index (χ4v) is 3.24. The molecule has 1 aromatic carbocycles. The van der Waals surface area contributed by atoms with Crippen LogP contribution in [0.1, 0.15) is 39.0 Å². The Balaban J connectivity index is 2.15. The highest BCUT2D eigenvalue weighted by Crippen LogP contribution is 2.40. The molecule has 2 aromatic rings. The van der Waals surface area contributed by atoms with E-state index in [4.69, 9.17) is 21.3 Å². The Labute approximate surface area is 150 Å². The molecule has 0 saturated heterocycles. The van der Waals surface area contributed by atoms with Crippen LogP contribution in [0, 0.1) is 0 Å². The zero-order chi connectivity index (χ0) is 17.6. The van der Waals surface area contributed by atoms with Crippen LogP contribution in [0.3, 0.4) is 0 Å². The maximum absolute atomic E-state index is 11.7. The number of hydrogen-bond acceptors (Lipinski definition) is 3. The van der Waals surface area contributed by atoms with Crippen LogP contribution in [0.2, 0.25) is 5.02 Å². The summed E-state index contributed by atoms with van der Waals surface area (Å²) in [7, 11) is 2.64. The largest absolute Gasteiger partial charge is 0.480 e. The van der Waals surface area contributed by atoms with Gasteiger partial charge < -0.3 is 4.74 Å². The number of carbonyl (C=O) groups excluding carboxylic acids is 1. The van der Waals surface area contributed by atoms with E-state index in [0.29, 0.717) is 11.4 Å². The minimum atomic E-state index is -0.425. The van der Waals surface area contributed by atoms with E-state index >= 15 is 0 Å². The average Bonchev–Trinajstić information content (AvgIpc) is 2.92. The maximum Gasteiger partial charge on any atom is 0.170 e. The molecule has 0 saturated carbocycles. The number of pyridine rings is 1. The minimum absolute atomic E-state index is 0.0353. The molecule has 5 heteroatoms. The third kappa shape index (κ3) is 3.20. The third-order valence-corrected chi connectivity index (χ3v) is 5.24. The van der Waals surface area contributed by atoms with E-state index in [-0.39, 0.29) is 11.2 Å². The predicted octanol–water partition coefficient (Wildman–Crippen LogP) is 4.09. The molecular weight excluding hydrogens is 341 g/mol. The number of Topliss-reactive ketones (excluding diaryl/α,β-unsaturated/α-hetero) is 1. The molecule has 2 atom stereocenters. The number of hydrogen-bond donors (Lipinski definition) is 0. The Kier molecular flexibility index (Phi) is 4.44. The zero-order valence-electron chi connectivity index (χ0n) is 14.3. The molecule has 0 spiro atoms. The topological polar surface area (TPSA) is 39.2 Å². The molecule has 3 nitrogen and oxygen atoms in total. The summed E-state index contributed by atoms with van der Waals surface area (Å²) in [6, 6.07) is 7.91. The SMILES string of the molecule is CC(=O)C1Cc2nc(-c3ccc(Cl)c(P)c3)cc(C(C)(C)C)c2O1. The lowest BCUT2D eigenvalue weighted by molar-refractivity contribution is -0.122. The monoisotopic (exact) mass is 361 g/mol. The van der Waals surface area contributed by atoms with Gasteiger partial charge in [-0.25, -0.2) is 4.98 Å². The second-order valence-corrected chi connectivity index (χ2v) is 8.27. The minimum Gasteiger partial charge on any atom is -0.480 e. The lowest BCUT2D eigenvalue weighted by atomic mass is 9.85. The average molecular weight is 362 g/mol. The Morgan fingerprint density at radius 2 is 2.04 bits per heavy atom. The second kappa shape index (κ2) is 6.13. The number of benzene rings is 1. The van der Waals surface area contributed by atoms with Gasteiger partial charge in [-0.1, -0.05) is 38.4 Å². The van der Waals surface area contributed by atoms with Crippen molar-refractivity contribution in [1.29, 1.82) is 0 Å². The van der Waals surface area contributed by atoms with E-state index in [1.807, 2.05) is 18.2 Å². The van der Waals surface area contributed by atoms with E-state index in [1.54, 1.807) is 6.92 Å². The normalized spacial score (nSPS) is 16.7. The van der Waals surface area contributed by atoms with Crippen LogP contribution in [-0.4, -0.2) is 16.9 Å². The summed E-state index contributed by atoms with van der Waals surface area (Å²) in [5.74, 6) is 0.805. The molecule has 1 aromatic heterocycles. The summed E-state index contributed by atoms with van der Waals surface area (Å²) in [5.41, 5.74) is 3.71. The number of halogens is 1. The van der Waals surface area contributed by atoms with Crippen molar-refractivity contribution in [2.75, 3.05) is 0 Å². The van der Waals surface area contributed by atoms with Crippen molar-refractivity contribution < 1.29 is 9.53 Å². The number of fused-ring (bicyclic) bond motifs is 1. The summed E-state index contributed by atoms with van der Waals surface area (Å²) in [5, 5.41) is 1.65. The molecule has 0 N–H and O–H groups in total. The fraction of sp³-hybridized carbons (Fsp3) is 0.368. The first-order chi connectivity index (χ1) is 11.2. The van der Waals surface area contributed by atoms with Gasteiger partial charge in [0.25, 0.3) is 0 Å². The molecule has 2 heterocycles. The van der Waals surface area contributed by atoms with Crippen molar-refractivity contribution in [3.8, 4) is 17.0 Å². The molecule has 0 fully saturated rings. The Hall–Kier alpha value is -1.44. The van der Waals surface area contributed by atoms with Gasteiger partial charge in [0.2, 0.25) is 0 Å². The van der Waals surface area contributed by atoms with Crippen LogP contribution >= 0.6 is 20.8 Å². The quantitative estimate of drug-likeness (QED) is 0.756. The van der Waals surface area contributed by atoms with Crippen LogP contribution < -0.4 is 10.0 Å². The molecule has 2 unspecified atom stereocenters. The molecule has 24 heavy (non-hydrogen) atoms. The maximum atomic E-state index is 11.7. The Morgan fingerprint density at radius 3 is 2.62 bits per heavy atom. The van der Waals surface area contributed by atoms with Crippen molar-refractivity contribution in [2.24, 2.45) is 0 Å². The van der Waals surface area contributed by atoms with Gasteiger partial charge in [-0.3, -0.25) is 4.79 Å². The molecule has 0 aliphatic carbocycles. The number of ether oxygens (including phenoxy) is 1. The molecule has 1 aliphatic heterocycles. The highest BCUT2D eigenvalue weighted by Gasteiger charge is 2.33.